The lowest BCUT2D eigenvalue weighted by Crippen LogP contribution is -2.43. The average molecular weight is 392 g/mol. The predicted molar refractivity (Wildman–Crippen MR) is 103 cm³/mol. The standard InChI is InChI=1S/C18H22ClN5O3/c1-12(25)17(26)23-10-7-13(8-11-23)24-16(6-9-20-24)22-18(27)21-15-5-3-2-4-14(15)19/h2-6,9,12-13,25H,7-8,10-11H2,1H3,(H2,21,22,27)/t12-/m0/s1. The van der Waals surface area contributed by atoms with E-state index in [1.54, 1.807) is 46.1 Å². The van der Waals surface area contributed by atoms with E-state index in [9.17, 15) is 14.7 Å². The molecule has 1 saturated heterocycles. The third kappa shape index (κ3) is 4.58. The van der Waals surface area contributed by atoms with Gasteiger partial charge in [0.1, 0.15) is 11.9 Å². The summed E-state index contributed by atoms with van der Waals surface area (Å²) in [6, 6.07) is 8.36. The number of urea groups is 1. The fourth-order valence-corrected chi connectivity index (χ4v) is 3.31. The predicted octanol–water partition coefficient (Wildman–Crippen LogP) is 2.72. The minimum atomic E-state index is -0.989. The van der Waals surface area contributed by atoms with Crippen LogP contribution in [0.4, 0.5) is 16.3 Å². The topological polar surface area (TPSA) is 99.5 Å². The van der Waals surface area contributed by atoms with E-state index < -0.39 is 12.1 Å². The lowest BCUT2D eigenvalue weighted by Gasteiger charge is -2.33. The van der Waals surface area contributed by atoms with Crippen LogP contribution in [0.5, 0.6) is 0 Å². The Labute approximate surface area is 162 Å². The molecule has 1 aromatic heterocycles. The molecule has 27 heavy (non-hydrogen) atoms. The Morgan fingerprint density at radius 2 is 1.93 bits per heavy atom. The molecule has 2 heterocycles. The number of amides is 3. The van der Waals surface area contributed by atoms with Gasteiger partial charge in [-0.2, -0.15) is 5.10 Å². The van der Waals surface area contributed by atoms with Gasteiger partial charge < -0.3 is 15.3 Å². The SMILES string of the molecule is C[C@H](O)C(=O)N1CCC(n2nccc2NC(=O)Nc2ccccc2Cl)CC1. The van der Waals surface area contributed by atoms with E-state index in [0.29, 0.717) is 42.5 Å². The maximum atomic E-state index is 12.3. The number of anilines is 2. The molecular weight excluding hydrogens is 370 g/mol. The van der Waals surface area contributed by atoms with Gasteiger partial charge in [0.2, 0.25) is 0 Å². The number of hydrogen-bond donors (Lipinski definition) is 3. The summed E-state index contributed by atoms with van der Waals surface area (Å²) in [6.45, 7) is 2.56. The monoisotopic (exact) mass is 391 g/mol. The summed E-state index contributed by atoms with van der Waals surface area (Å²) in [6.07, 6.45) is 2.03. The Morgan fingerprint density at radius 3 is 2.59 bits per heavy atom. The summed E-state index contributed by atoms with van der Waals surface area (Å²) in [7, 11) is 0. The fraction of sp³-hybridized carbons (Fsp3) is 0.389. The molecule has 3 amide bonds. The molecule has 3 rings (SSSR count). The van der Waals surface area contributed by atoms with Gasteiger partial charge in [-0.1, -0.05) is 23.7 Å². The number of hydrogen-bond acceptors (Lipinski definition) is 4. The lowest BCUT2D eigenvalue weighted by molar-refractivity contribution is -0.140. The fourth-order valence-electron chi connectivity index (χ4n) is 3.13. The Morgan fingerprint density at radius 1 is 1.22 bits per heavy atom. The number of benzene rings is 1. The molecule has 8 nitrogen and oxygen atoms in total. The quantitative estimate of drug-likeness (QED) is 0.746. The van der Waals surface area contributed by atoms with E-state index in [2.05, 4.69) is 15.7 Å². The zero-order valence-corrected chi connectivity index (χ0v) is 15.7. The van der Waals surface area contributed by atoms with Crippen LogP contribution in [0.3, 0.4) is 0 Å². The number of nitrogens with one attached hydrogen (secondary N) is 2. The van der Waals surface area contributed by atoms with E-state index in [4.69, 9.17) is 11.6 Å². The maximum Gasteiger partial charge on any atom is 0.324 e. The van der Waals surface area contributed by atoms with Gasteiger partial charge in [-0.25, -0.2) is 9.48 Å². The largest absolute Gasteiger partial charge is 0.384 e. The molecule has 0 unspecified atom stereocenters. The number of piperidine rings is 1. The molecule has 0 bridgehead atoms. The molecule has 1 aliphatic rings. The van der Waals surface area contributed by atoms with Crippen molar-refractivity contribution in [2.24, 2.45) is 0 Å². The van der Waals surface area contributed by atoms with Crippen LogP contribution in [-0.2, 0) is 4.79 Å². The molecule has 1 aliphatic heterocycles. The molecular formula is C18H22ClN5O3. The summed E-state index contributed by atoms with van der Waals surface area (Å²) in [5.41, 5.74) is 0.521. The summed E-state index contributed by atoms with van der Waals surface area (Å²) in [4.78, 5) is 25.8. The van der Waals surface area contributed by atoms with E-state index >= 15 is 0 Å². The first kappa shape index (κ1) is 19.2. The van der Waals surface area contributed by atoms with Crippen LogP contribution in [0.15, 0.2) is 36.5 Å². The van der Waals surface area contributed by atoms with Gasteiger partial charge in [-0.3, -0.25) is 10.1 Å². The normalized spacial score (nSPS) is 16.0. The number of nitrogens with zero attached hydrogens (tertiary/aromatic N) is 3. The third-order valence-electron chi connectivity index (χ3n) is 4.51. The number of carbonyl (C=O) groups is 2. The first-order chi connectivity index (χ1) is 13.0. The Bertz CT molecular complexity index is 815. The highest BCUT2D eigenvalue weighted by atomic mass is 35.5. The van der Waals surface area contributed by atoms with Crippen LogP contribution in [0.1, 0.15) is 25.8 Å². The summed E-state index contributed by atoms with van der Waals surface area (Å²) < 4.78 is 1.76. The van der Waals surface area contributed by atoms with Crippen LogP contribution in [-0.4, -0.2) is 50.9 Å². The highest BCUT2D eigenvalue weighted by molar-refractivity contribution is 6.33. The molecule has 144 valence electrons. The average Bonchev–Trinajstić information content (AvgIpc) is 3.11. The number of aromatic nitrogens is 2. The number of aliphatic hydroxyl groups is 1. The highest BCUT2D eigenvalue weighted by Gasteiger charge is 2.27. The van der Waals surface area contributed by atoms with Gasteiger partial charge in [0.15, 0.2) is 0 Å². The molecule has 1 aromatic carbocycles. The first-order valence-electron chi connectivity index (χ1n) is 8.78. The van der Waals surface area contributed by atoms with Gasteiger partial charge in [0, 0.05) is 19.2 Å². The lowest BCUT2D eigenvalue weighted by atomic mass is 10.0. The van der Waals surface area contributed by atoms with Crippen molar-refractivity contribution in [1.29, 1.82) is 0 Å². The van der Waals surface area contributed by atoms with Crippen molar-refractivity contribution in [2.75, 3.05) is 23.7 Å². The zero-order valence-electron chi connectivity index (χ0n) is 14.9. The van der Waals surface area contributed by atoms with E-state index in [-0.39, 0.29) is 11.9 Å². The number of aliphatic hydroxyl groups excluding tert-OH is 1. The molecule has 1 atom stereocenters. The Balaban J connectivity index is 1.61. The highest BCUT2D eigenvalue weighted by Crippen LogP contribution is 2.26. The smallest absolute Gasteiger partial charge is 0.324 e. The molecule has 9 heteroatoms. The number of halogens is 1. The van der Waals surface area contributed by atoms with Crippen molar-refractivity contribution in [3.05, 3.63) is 41.6 Å². The van der Waals surface area contributed by atoms with Crippen molar-refractivity contribution in [3.63, 3.8) is 0 Å². The minimum Gasteiger partial charge on any atom is -0.384 e. The van der Waals surface area contributed by atoms with E-state index in [1.165, 1.54) is 6.92 Å². The van der Waals surface area contributed by atoms with Gasteiger partial charge >= 0.3 is 6.03 Å². The Kier molecular flexibility index (Phi) is 5.98. The molecule has 0 spiro atoms. The van der Waals surface area contributed by atoms with Crippen LogP contribution in [0, 0.1) is 0 Å². The second kappa shape index (κ2) is 8.41. The van der Waals surface area contributed by atoms with Crippen molar-refractivity contribution < 1.29 is 14.7 Å². The van der Waals surface area contributed by atoms with Crippen molar-refractivity contribution in [2.45, 2.75) is 31.9 Å². The van der Waals surface area contributed by atoms with Crippen molar-refractivity contribution in [3.8, 4) is 0 Å². The molecule has 3 N–H and O–H groups in total. The van der Waals surface area contributed by atoms with Gasteiger partial charge in [0.05, 0.1) is 22.9 Å². The molecule has 0 aliphatic carbocycles. The number of carbonyl (C=O) groups excluding carboxylic acids is 2. The minimum absolute atomic E-state index is 0.0636. The number of likely N-dealkylation sites (tertiary alicyclic amines) is 1. The van der Waals surface area contributed by atoms with Crippen LogP contribution in [0.2, 0.25) is 5.02 Å². The molecule has 2 aromatic rings. The molecule has 0 radical (unpaired) electrons. The molecule has 1 fully saturated rings. The van der Waals surface area contributed by atoms with Gasteiger partial charge in [-0.05, 0) is 31.9 Å². The van der Waals surface area contributed by atoms with Crippen molar-refractivity contribution in [1.82, 2.24) is 14.7 Å². The van der Waals surface area contributed by atoms with Crippen molar-refractivity contribution >= 4 is 35.0 Å². The second-order valence-electron chi connectivity index (χ2n) is 6.45. The van der Waals surface area contributed by atoms with Crippen LogP contribution in [0.25, 0.3) is 0 Å². The van der Waals surface area contributed by atoms with Gasteiger partial charge in [-0.15, -0.1) is 0 Å². The van der Waals surface area contributed by atoms with E-state index in [0.717, 1.165) is 0 Å². The van der Waals surface area contributed by atoms with Crippen LogP contribution >= 0.6 is 11.6 Å². The molecule has 0 saturated carbocycles. The number of para-hydroxylation sites is 1. The van der Waals surface area contributed by atoms with Gasteiger partial charge in [0.25, 0.3) is 5.91 Å². The summed E-state index contributed by atoms with van der Waals surface area (Å²) >= 11 is 6.05. The third-order valence-corrected chi connectivity index (χ3v) is 4.84. The summed E-state index contributed by atoms with van der Waals surface area (Å²) in [5.74, 6) is 0.311. The van der Waals surface area contributed by atoms with E-state index in [1.807, 2.05) is 0 Å². The second-order valence-corrected chi connectivity index (χ2v) is 6.86. The number of rotatable bonds is 4. The summed E-state index contributed by atoms with van der Waals surface area (Å²) in [5, 5.41) is 19.7. The Hall–Kier alpha value is -2.58. The van der Waals surface area contributed by atoms with Crippen LogP contribution < -0.4 is 10.6 Å². The zero-order chi connectivity index (χ0) is 19.4. The first-order valence-corrected chi connectivity index (χ1v) is 9.16. The maximum absolute atomic E-state index is 12.3.